The predicted octanol–water partition coefficient (Wildman–Crippen LogP) is -0.183. The number of benzene rings is 1. The predicted molar refractivity (Wildman–Crippen MR) is 87.9 cm³/mol. The largest absolute Gasteiger partial charge is 0.489 e. The Hall–Kier alpha value is -2.09. The highest BCUT2D eigenvalue weighted by molar-refractivity contribution is 6.33. The minimum atomic E-state index is -0.648. The van der Waals surface area contributed by atoms with Gasteiger partial charge in [-0.15, -0.1) is 0 Å². The molecule has 0 fully saturated rings. The summed E-state index contributed by atoms with van der Waals surface area (Å²) in [4.78, 5) is 12.2. The molecule has 0 amide bonds. The van der Waals surface area contributed by atoms with E-state index in [2.05, 4.69) is 10.4 Å². The molecule has 0 spiro atoms. The molecule has 1 unspecified atom stereocenters. The van der Waals surface area contributed by atoms with Crippen molar-refractivity contribution in [2.45, 2.75) is 39.2 Å². The van der Waals surface area contributed by atoms with E-state index in [4.69, 9.17) is 12.6 Å². The minimum absolute atomic E-state index is 0.0797. The maximum atomic E-state index is 12.2. The summed E-state index contributed by atoms with van der Waals surface area (Å²) < 4.78 is 7.89. The van der Waals surface area contributed by atoms with Crippen LogP contribution in [0.3, 0.4) is 0 Å². The second-order valence-electron chi connectivity index (χ2n) is 6.61. The van der Waals surface area contributed by atoms with Crippen molar-refractivity contribution in [2.24, 2.45) is 7.05 Å². The Morgan fingerprint density at radius 3 is 2.48 bits per heavy atom. The fourth-order valence-electron chi connectivity index (χ4n) is 2.19. The highest BCUT2D eigenvalue weighted by Crippen LogP contribution is 2.28. The van der Waals surface area contributed by atoms with Crippen molar-refractivity contribution in [1.82, 2.24) is 19.8 Å². The van der Waals surface area contributed by atoms with E-state index in [0.29, 0.717) is 16.9 Å². The van der Waals surface area contributed by atoms with E-state index < -0.39 is 11.8 Å². The number of rotatable bonds is 4. The smallest absolute Gasteiger partial charge is 0.368 e. The zero-order valence-electron chi connectivity index (χ0n) is 14.1. The zero-order chi connectivity index (χ0) is 17.4. The van der Waals surface area contributed by atoms with Crippen LogP contribution in [0, 0.1) is 0 Å². The summed E-state index contributed by atoms with van der Waals surface area (Å²) in [6.45, 7) is 7.77. The number of aryl methyl sites for hydroxylation is 1. The van der Waals surface area contributed by atoms with Gasteiger partial charge in [-0.25, -0.2) is 4.79 Å². The molecule has 23 heavy (non-hydrogen) atoms. The lowest BCUT2D eigenvalue weighted by molar-refractivity contribution is 0.122. The summed E-state index contributed by atoms with van der Waals surface area (Å²) in [5.74, 6) is 0.374. The van der Waals surface area contributed by atoms with Crippen molar-refractivity contribution in [3.63, 3.8) is 0 Å². The monoisotopic (exact) mass is 316 g/mol. The van der Waals surface area contributed by atoms with Gasteiger partial charge in [-0.1, -0.05) is 26.2 Å². The van der Waals surface area contributed by atoms with Crippen LogP contribution in [0.5, 0.6) is 5.75 Å². The first-order valence-electron chi connectivity index (χ1n) is 7.35. The van der Waals surface area contributed by atoms with Gasteiger partial charge in [0.15, 0.2) is 0 Å². The van der Waals surface area contributed by atoms with Crippen molar-refractivity contribution in [3.8, 4) is 11.4 Å². The maximum absolute atomic E-state index is 12.2. The van der Waals surface area contributed by atoms with Gasteiger partial charge in [0.05, 0.1) is 6.10 Å². The number of nitrogens with zero attached hydrogens (tertiary/aromatic N) is 4. The van der Waals surface area contributed by atoms with Crippen LogP contribution >= 0.6 is 0 Å². The van der Waals surface area contributed by atoms with E-state index in [1.807, 2.05) is 20.8 Å². The lowest BCUT2D eigenvalue weighted by Gasteiger charge is -2.24. The number of aliphatic hydroxyl groups is 1. The molecule has 1 aromatic heterocycles. The molecule has 1 N–H and O–H groups in total. The van der Waals surface area contributed by atoms with E-state index in [1.165, 1.54) is 7.05 Å². The van der Waals surface area contributed by atoms with Gasteiger partial charge in [-0.2, -0.15) is 9.36 Å². The molecule has 2 aromatic rings. The lowest BCUT2D eigenvalue weighted by atomic mass is 9.77. The molecule has 0 saturated carbocycles. The van der Waals surface area contributed by atoms with Crippen LogP contribution in [-0.4, -0.2) is 45.5 Å². The normalized spacial score (nSPS) is 13.1. The fourth-order valence-corrected chi connectivity index (χ4v) is 2.19. The fraction of sp³-hybridized carbons (Fsp3) is 0.533. The Morgan fingerprint density at radius 2 is 2.00 bits per heavy atom. The van der Waals surface area contributed by atoms with E-state index in [-0.39, 0.29) is 12.0 Å². The molecule has 2 rings (SSSR count). The van der Waals surface area contributed by atoms with Gasteiger partial charge < -0.3 is 9.84 Å². The van der Waals surface area contributed by atoms with Gasteiger partial charge >= 0.3 is 5.69 Å². The number of aliphatic hydroxyl groups excluding tert-OH is 1. The number of ether oxygens (including phenoxy) is 1. The standard InChI is InChI=1S/C15H21BN4O3/c1-9(21)8-23-13-7-11(16)10(15(2,3)4)6-12(13)20-14(22)19(5)17-18-20/h6-7,9,21H,8H2,1-5H3. The minimum Gasteiger partial charge on any atom is -0.489 e. The van der Waals surface area contributed by atoms with Crippen LogP contribution in [-0.2, 0) is 12.5 Å². The Labute approximate surface area is 136 Å². The van der Waals surface area contributed by atoms with Crippen LogP contribution < -0.4 is 15.9 Å². The molecule has 0 aliphatic heterocycles. The second-order valence-corrected chi connectivity index (χ2v) is 6.61. The molecule has 0 aliphatic rings. The van der Waals surface area contributed by atoms with Gasteiger partial charge in [0, 0.05) is 7.05 Å². The molecule has 2 radical (unpaired) electrons. The van der Waals surface area contributed by atoms with Crippen molar-refractivity contribution in [3.05, 3.63) is 28.2 Å². The van der Waals surface area contributed by atoms with Crippen molar-refractivity contribution < 1.29 is 9.84 Å². The molecule has 7 nitrogen and oxygen atoms in total. The second kappa shape index (κ2) is 6.19. The van der Waals surface area contributed by atoms with Crippen LogP contribution in [0.15, 0.2) is 16.9 Å². The highest BCUT2D eigenvalue weighted by atomic mass is 16.5. The number of aromatic nitrogens is 4. The SMILES string of the molecule is [B]c1cc(OCC(C)O)c(-n2nnn(C)c2=O)cc1C(C)(C)C. The molecular formula is C15H21BN4O3. The van der Waals surface area contributed by atoms with Crippen LogP contribution in [0.2, 0.25) is 0 Å². The average molecular weight is 316 g/mol. The molecule has 1 aromatic carbocycles. The Kier molecular flexibility index (Phi) is 4.65. The Balaban J connectivity index is 2.64. The summed E-state index contributed by atoms with van der Waals surface area (Å²) in [6.07, 6.45) is -0.648. The van der Waals surface area contributed by atoms with Crippen LogP contribution in [0.25, 0.3) is 5.69 Å². The topological polar surface area (TPSA) is 82.2 Å². The van der Waals surface area contributed by atoms with Gasteiger partial charge in [0.1, 0.15) is 25.9 Å². The molecule has 0 saturated heterocycles. The molecule has 1 heterocycles. The van der Waals surface area contributed by atoms with Gasteiger partial charge in [0.25, 0.3) is 0 Å². The third-order valence-electron chi connectivity index (χ3n) is 3.37. The van der Waals surface area contributed by atoms with Crippen molar-refractivity contribution >= 4 is 13.3 Å². The first kappa shape index (κ1) is 17.3. The summed E-state index contributed by atoms with van der Waals surface area (Å²) in [5, 5.41) is 17.0. The maximum Gasteiger partial charge on any atom is 0.368 e. The summed E-state index contributed by atoms with van der Waals surface area (Å²) in [5.41, 5.74) is 1.26. The highest BCUT2D eigenvalue weighted by Gasteiger charge is 2.21. The van der Waals surface area contributed by atoms with Crippen molar-refractivity contribution in [1.29, 1.82) is 0 Å². The Bertz CT molecular complexity index is 759. The lowest BCUT2D eigenvalue weighted by Crippen LogP contribution is -2.27. The van der Waals surface area contributed by atoms with E-state index in [1.54, 1.807) is 19.1 Å². The average Bonchev–Trinajstić information content (AvgIpc) is 2.75. The first-order chi connectivity index (χ1) is 10.6. The first-order valence-corrected chi connectivity index (χ1v) is 7.35. The third-order valence-corrected chi connectivity index (χ3v) is 3.37. The summed E-state index contributed by atoms with van der Waals surface area (Å²) >= 11 is 0. The molecular weight excluding hydrogens is 295 g/mol. The molecule has 0 bridgehead atoms. The van der Waals surface area contributed by atoms with Crippen LogP contribution in [0.4, 0.5) is 0 Å². The van der Waals surface area contributed by atoms with E-state index in [0.717, 1.165) is 14.9 Å². The van der Waals surface area contributed by atoms with E-state index in [9.17, 15) is 9.90 Å². The summed E-state index contributed by atoms with van der Waals surface area (Å²) in [6, 6.07) is 3.43. The van der Waals surface area contributed by atoms with Crippen LogP contribution in [0.1, 0.15) is 33.3 Å². The Morgan fingerprint density at radius 1 is 1.35 bits per heavy atom. The number of hydrogen-bond donors (Lipinski definition) is 1. The molecule has 1 atom stereocenters. The number of tetrazole rings is 1. The zero-order valence-corrected chi connectivity index (χ0v) is 14.1. The van der Waals surface area contributed by atoms with Crippen molar-refractivity contribution in [2.75, 3.05) is 6.61 Å². The molecule has 8 heteroatoms. The third kappa shape index (κ3) is 3.64. The van der Waals surface area contributed by atoms with Gasteiger partial charge in [0.2, 0.25) is 0 Å². The number of hydrogen-bond acceptors (Lipinski definition) is 5. The quantitative estimate of drug-likeness (QED) is 0.791. The molecule has 0 aliphatic carbocycles. The van der Waals surface area contributed by atoms with Gasteiger partial charge in [-0.3, -0.25) is 0 Å². The molecule has 122 valence electrons. The summed E-state index contributed by atoms with van der Waals surface area (Å²) in [7, 11) is 7.65. The van der Waals surface area contributed by atoms with E-state index >= 15 is 0 Å². The van der Waals surface area contributed by atoms with Gasteiger partial charge in [-0.05, 0) is 40.5 Å².